The molecule has 2 amide bonds. The number of rotatable bonds is 3. The van der Waals surface area contributed by atoms with Crippen LogP contribution in [-0.4, -0.2) is 46.6 Å². The van der Waals surface area contributed by atoms with Crippen LogP contribution in [0.1, 0.15) is 49.0 Å². The van der Waals surface area contributed by atoms with Crippen LogP contribution < -0.4 is 5.32 Å². The van der Waals surface area contributed by atoms with Gasteiger partial charge in [-0.1, -0.05) is 0 Å². The molecule has 0 atom stereocenters. The van der Waals surface area contributed by atoms with Crippen LogP contribution in [0.2, 0.25) is 0 Å². The smallest absolute Gasteiger partial charge is 0.407 e. The minimum atomic E-state index is -0.519. The third kappa shape index (κ3) is 4.88. The molecule has 7 nitrogen and oxygen atoms in total. The van der Waals surface area contributed by atoms with E-state index in [0.717, 1.165) is 4.88 Å². The molecule has 3 heterocycles. The van der Waals surface area contributed by atoms with Crippen LogP contribution in [0.15, 0.2) is 22.8 Å². The van der Waals surface area contributed by atoms with Gasteiger partial charge in [-0.3, -0.25) is 4.79 Å². The number of likely N-dealkylation sites (tertiary alicyclic amines) is 1. The Morgan fingerprint density at radius 2 is 2.04 bits per heavy atom. The predicted molar refractivity (Wildman–Crippen MR) is 103 cm³/mol. The summed E-state index contributed by atoms with van der Waals surface area (Å²) in [6.45, 7) is 8.55. The van der Waals surface area contributed by atoms with E-state index in [1.54, 1.807) is 17.2 Å². The van der Waals surface area contributed by atoms with Gasteiger partial charge in [0.15, 0.2) is 10.8 Å². The molecule has 0 aromatic carbocycles. The Morgan fingerprint density at radius 3 is 2.63 bits per heavy atom. The van der Waals surface area contributed by atoms with Gasteiger partial charge < -0.3 is 19.4 Å². The Kier molecular flexibility index (Phi) is 5.55. The summed E-state index contributed by atoms with van der Waals surface area (Å²) >= 11 is 1.45. The van der Waals surface area contributed by atoms with E-state index in [1.165, 1.54) is 11.3 Å². The molecule has 0 unspecified atom stereocenters. The summed E-state index contributed by atoms with van der Waals surface area (Å²) in [6, 6.07) is 3.65. The maximum Gasteiger partial charge on any atom is 0.407 e. The Morgan fingerprint density at radius 1 is 1.33 bits per heavy atom. The van der Waals surface area contributed by atoms with Crippen LogP contribution in [0.25, 0.3) is 10.8 Å². The Bertz CT molecular complexity index is 800. The largest absolute Gasteiger partial charge is 0.462 e. The van der Waals surface area contributed by atoms with E-state index in [-0.39, 0.29) is 11.9 Å². The molecule has 1 aliphatic rings. The number of nitrogens with zero attached hydrogens (tertiary/aromatic N) is 2. The second-order valence-corrected chi connectivity index (χ2v) is 8.82. The number of alkyl carbamates (subject to hydrolysis) is 1. The van der Waals surface area contributed by atoms with Crippen molar-refractivity contribution in [1.29, 1.82) is 0 Å². The van der Waals surface area contributed by atoms with Crippen LogP contribution in [0.5, 0.6) is 0 Å². The quantitative estimate of drug-likeness (QED) is 0.859. The molecule has 0 saturated carbocycles. The lowest BCUT2D eigenvalue weighted by Crippen LogP contribution is -2.47. The van der Waals surface area contributed by atoms with Crippen molar-refractivity contribution in [2.75, 3.05) is 13.1 Å². The van der Waals surface area contributed by atoms with Gasteiger partial charge in [0.25, 0.3) is 5.91 Å². The first-order chi connectivity index (χ1) is 12.7. The van der Waals surface area contributed by atoms with Crippen molar-refractivity contribution in [1.82, 2.24) is 15.2 Å². The number of carbonyl (C=O) groups excluding carboxylic acids is 2. The number of hydrogen-bond acceptors (Lipinski definition) is 6. The first-order valence-corrected chi connectivity index (χ1v) is 9.84. The van der Waals surface area contributed by atoms with Gasteiger partial charge in [0.05, 0.1) is 6.26 Å². The molecule has 1 N–H and O–H groups in total. The third-order valence-electron chi connectivity index (χ3n) is 4.23. The SMILES string of the molecule is Cc1sc(-c2ccco2)nc1C(=O)N1CCC(NC(=O)OC(C)(C)C)CC1. The summed E-state index contributed by atoms with van der Waals surface area (Å²) in [4.78, 5) is 31.9. The summed E-state index contributed by atoms with van der Waals surface area (Å²) in [5.41, 5.74) is -0.0424. The summed E-state index contributed by atoms with van der Waals surface area (Å²) in [5, 5.41) is 3.59. The van der Waals surface area contributed by atoms with Gasteiger partial charge in [-0.15, -0.1) is 11.3 Å². The van der Waals surface area contributed by atoms with E-state index in [9.17, 15) is 9.59 Å². The molecular formula is C19H25N3O4S. The van der Waals surface area contributed by atoms with Crippen molar-refractivity contribution < 1.29 is 18.7 Å². The number of amides is 2. The molecule has 1 aliphatic heterocycles. The molecule has 0 aliphatic carbocycles. The first-order valence-electron chi connectivity index (χ1n) is 9.03. The Hall–Kier alpha value is -2.35. The topological polar surface area (TPSA) is 84.7 Å². The van der Waals surface area contributed by atoms with E-state index >= 15 is 0 Å². The lowest BCUT2D eigenvalue weighted by atomic mass is 10.0. The average Bonchev–Trinajstić information content (AvgIpc) is 3.22. The fourth-order valence-corrected chi connectivity index (χ4v) is 3.82. The second kappa shape index (κ2) is 7.72. The zero-order valence-corrected chi connectivity index (χ0v) is 16.9. The number of hydrogen-bond donors (Lipinski definition) is 1. The minimum absolute atomic E-state index is 0.0131. The molecule has 3 rings (SSSR count). The number of ether oxygens (including phenoxy) is 1. The molecule has 2 aromatic rings. The normalized spacial score (nSPS) is 15.6. The molecule has 146 valence electrons. The highest BCUT2D eigenvalue weighted by atomic mass is 32.1. The van der Waals surface area contributed by atoms with E-state index in [4.69, 9.17) is 9.15 Å². The fourth-order valence-electron chi connectivity index (χ4n) is 2.95. The third-order valence-corrected chi connectivity index (χ3v) is 5.22. The van der Waals surface area contributed by atoms with Crippen LogP contribution >= 0.6 is 11.3 Å². The van der Waals surface area contributed by atoms with Crippen molar-refractivity contribution in [3.8, 4) is 10.8 Å². The van der Waals surface area contributed by atoms with E-state index < -0.39 is 11.7 Å². The van der Waals surface area contributed by atoms with E-state index in [2.05, 4.69) is 10.3 Å². The van der Waals surface area contributed by atoms with E-state index in [0.29, 0.717) is 42.4 Å². The number of aryl methyl sites for hydroxylation is 1. The van der Waals surface area contributed by atoms with Crippen molar-refractivity contribution in [2.24, 2.45) is 0 Å². The van der Waals surface area contributed by atoms with Gasteiger partial charge in [0.2, 0.25) is 0 Å². The number of aromatic nitrogens is 1. The molecule has 27 heavy (non-hydrogen) atoms. The van der Waals surface area contributed by atoms with Crippen LogP contribution in [0.3, 0.4) is 0 Å². The predicted octanol–water partition coefficient (Wildman–Crippen LogP) is 3.84. The highest BCUT2D eigenvalue weighted by Crippen LogP contribution is 2.29. The summed E-state index contributed by atoms with van der Waals surface area (Å²) in [6.07, 6.45) is 2.57. The average molecular weight is 391 g/mol. The number of carbonyl (C=O) groups is 2. The first kappa shape index (κ1) is 19.4. The standard InChI is InChI=1S/C19H25N3O4S/c1-12-15(21-16(27-12)14-6-5-11-25-14)17(23)22-9-7-13(8-10-22)20-18(24)26-19(2,3)4/h5-6,11,13H,7-10H2,1-4H3,(H,20,24). The Balaban J connectivity index is 1.57. The second-order valence-electron chi connectivity index (χ2n) is 7.61. The van der Waals surface area contributed by atoms with Gasteiger partial charge in [0, 0.05) is 24.0 Å². The molecule has 1 saturated heterocycles. The van der Waals surface area contributed by atoms with Crippen LogP contribution in [-0.2, 0) is 4.74 Å². The minimum Gasteiger partial charge on any atom is -0.462 e. The van der Waals surface area contributed by atoms with Crippen molar-refractivity contribution in [3.63, 3.8) is 0 Å². The summed E-state index contributed by atoms with van der Waals surface area (Å²) in [5.74, 6) is 0.597. The monoisotopic (exact) mass is 391 g/mol. The van der Waals surface area contributed by atoms with Gasteiger partial charge in [-0.25, -0.2) is 9.78 Å². The molecule has 0 radical (unpaired) electrons. The molecule has 1 fully saturated rings. The highest BCUT2D eigenvalue weighted by Gasteiger charge is 2.28. The summed E-state index contributed by atoms with van der Waals surface area (Å²) < 4.78 is 10.7. The number of piperidine rings is 1. The number of thiazole rings is 1. The molecule has 8 heteroatoms. The molecule has 2 aromatic heterocycles. The van der Waals surface area contributed by atoms with Crippen LogP contribution in [0, 0.1) is 6.92 Å². The zero-order chi connectivity index (χ0) is 19.6. The Labute approximate surface area is 162 Å². The van der Waals surface area contributed by atoms with Gasteiger partial charge in [0.1, 0.15) is 11.3 Å². The zero-order valence-electron chi connectivity index (χ0n) is 16.1. The van der Waals surface area contributed by atoms with E-state index in [1.807, 2.05) is 33.8 Å². The van der Waals surface area contributed by atoms with Gasteiger partial charge >= 0.3 is 6.09 Å². The maximum absolute atomic E-state index is 12.8. The van der Waals surface area contributed by atoms with Crippen molar-refractivity contribution in [2.45, 2.75) is 52.2 Å². The molecule has 0 bridgehead atoms. The highest BCUT2D eigenvalue weighted by molar-refractivity contribution is 7.15. The van der Waals surface area contributed by atoms with Gasteiger partial charge in [-0.05, 0) is 52.7 Å². The molecular weight excluding hydrogens is 366 g/mol. The lowest BCUT2D eigenvalue weighted by molar-refractivity contribution is 0.0473. The fraction of sp³-hybridized carbons (Fsp3) is 0.526. The molecule has 0 spiro atoms. The van der Waals surface area contributed by atoms with Crippen molar-refractivity contribution in [3.05, 3.63) is 29.0 Å². The number of furan rings is 1. The van der Waals surface area contributed by atoms with Crippen molar-refractivity contribution >= 4 is 23.3 Å². The maximum atomic E-state index is 12.8. The van der Waals surface area contributed by atoms with Gasteiger partial charge in [-0.2, -0.15) is 0 Å². The lowest BCUT2D eigenvalue weighted by Gasteiger charge is -2.32. The summed E-state index contributed by atoms with van der Waals surface area (Å²) in [7, 11) is 0. The van der Waals surface area contributed by atoms with Crippen LogP contribution in [0.4, 0.5) is 4.79 Å². The number of nitrogens with one attached hydrogen (secondary N) is 1.